The van der Waals surface area contributed by atoms with Crippen molar-refractivity contribution in [1.82, 2.24) is 4.90 Å². The summed E-state index contributed by atoms with van der Waals surface area (Å²) in [6.07, 6.45) is 0. The molecule has 0 saturated carbocycles. The number of piperazine rings is 1. The predicted octanol–water partition coefficient (Wildman–Crippen LogP) is 6.84. The molecular formula is C29H36N2O2S. The Morgan fingerprint density at radius 3 is 2.44 bits per heavy atom. The summed E-state index contributed by atoms with van der Waals surface area (Å²) in [7, 11) is 0. The summed E-state index contributed by atoms with van der Waals surface area (Å²) in [5, 5.41) is 0. The predicted molar refractivity (Wildman–Crippen MR) is 142 cm³/mol. The third kappa shape index (κ3) is 5.52. The number of aryl methyl sites for hydroxylation is 2. The van der Waals surface area contributed by atoms with E-state index in [1.54, 1.807) is 11.8 Å². The van der Waals surface area contributed by atoms with Crippen LogP contribution >= 0.6 is 11.8 Å². The molecule has 3 aromatic rings. The molecule has 0 spiro atoms. The van der Waals surface area contributed by atoms with Crippen molar-refractivity contribution >= 4 is 23.4 Å². The molecule has 1 aliphatic heterocycles. The highest BCUT2D eigenvalue weighted by atomic mass is 32.2. The zero-order valence-corrected chi connectivity index (χ0v) is 22.0. The Hall–Kier alpha value is -2.66. The van der Waals surface area contributed by atoms with Gasteiger partial charge in [0, 0.05) is 36.3 Å². The van der Waals surface area contributed by atoms with Crippen LogP contribution in [-0.4, -0.2) is 36.5 Å². The van der Waals surface area contributed by atoms with Gasteiger partial charge < -0.3 is 14.2 Å². The second-order valence-corrected chi connectivity index (χ2v) is 11.4. The van der Waals surface area contributed by atoms with Crippen molar-refractivity contribution in [3.63, 3.8) is 0 Å². The molecule has 1 atom stereocenters. The van der Waals surface area contributed by atoms with E-state index < -0.39 is 0 Å². The number of anilines is 1. The molecule has 1 amide bonds. The van der Waals surface area contributed by atoms with Gasteiger partial charge in [0.1, 0.15) is 5.76 Å². The lowest BCUT2D eigenvalue weighted by Crippen LogP contribution is -2.53. The van der Waals surface area contributed by atoms with Crippen LogP contribution in [0.1, 0.15) is 60.7 Å². The Bertz CT molecular complexity index is 1140. The molecule has 34 heavy (non-hydrogen) atoms. The van der Waals surface area contributed by atoms with Gasteiger partial charge in [-0.15, -0.1) is 11.8 Å². The maximum Gasteiger partial charge on any atom is 0.289 e. The van der Waals surface area contributed by atoms with Gasteiger partial charge in [0.2, 0.25) is 0 Å². The van der Waals surface area contributed by atoms with Crippen molar-refractivity contribution in [2.75, 3.05) is 24.5 Å². The molecular weight excluding hydrogens is 440 g/mol. The van der Waals surface area contributed by atoms with E-state index in [1.165, 1.54) is 27.3 Å². The Balaban J connectivity index is 1.37. The van der Waals surface area contributed by atoms with Crippen molar-refractivity contribution in [2.24, 2.45) is 0 Å². The van der Waals surface area contributed by atoms with Crippen LogP contribution in [0, 0.1) is 13.8 Å². The molecule has 0 radical (unpaired) electrons. The van der Waals surface area contributed by atoms with Crippen molar-refractivity contribution in [1.29, 1.82) is 0 Å². The first kappa shape index (κ1) is 24.5. The number of benzene rings is 2. The molecule has 2 aromatic carbocycles. The molecule has 2 heterocycles. The van der Waals surface area contributed by atoms with Crippen molar-refractivity contribution in [2.45, 2.75) is 63.6 Å². The second kappa shape index (κ2) is 9.91. The summed E-state index contributed by atoms with van der Waals surface area (Å²) < 4.78 is 5.99. The van der Waals surface area contributed by atoms with Crippen LogP contribution in [0.2, 0.25) is 0 Å². The van der Waals surface area contributed by atoms with Crippen molar-refractivity contribution in [3.05, 3.63) is 82.8 Å². The third-order valence-electron chi connectivity index (χ3n) is 6.58. The monoisotopic (exact) mass is 476 g/mol. The zero-order chi connectivity index (χ0) is 24.5. The largest absolute Gasteiger partial charge is 0.455 e. The standard InChI is InChI=1S/C29H36N2O2S/c1-20-7-11-24(12-8-20)31-16-15-30(18-22(31)3)28(32)26-14-13-25(33-26)19-34-27-17-23(29(4,5)6)10-9-21(27)2/h7-14,17,22H,15-16,18-19H2,1-6H3. The zero-order valence-electron chi connectivity index (χ0n) is 21.2. The van der Waals surface area contributed by atoms with E-state index in [-0.39, 0.29) is 17.4 Å². The highest BCUT2D eigenvalue weighted by Gasteiger charge is 2.29. The molecule has 1 fully saturated rings. The Kier molecular flexibility index (Phi) is 7.13. The molecule has 4 nitrogen and oxygen atoms in total. The first-order chi connectivity index (χ1) is 16.1. The van der Waals surface area contributed by atoms with Gasteiger partial charge in [0.15, 0.2) is 5.76 Å². The summed E-state index contributed by atoms with van der Waals surface area (Å²) in [4.78, 5) is 18.7. The first-order valence-corrected chi connectivity index (χ1v) is 13.1. The minimum atomic E-state index is -0.0161. The van der Waals surface area contributed by atoms with Crippen LogP contribution in [0.4, 0.5) is 5.69 Å². The quantitative estimate of drug-likeness (QED) is 0.378. The Morgan fingerprint density at radius 2 is 1.76 bits per heavy atom. The molecule has 1 saturated heterocycles. The fourth-order valence-corrected chi connectivity index (χ4v) is 5.32. The van der Waals surface area contributed by atoms with Gasteiger partial charge in [-0.05, 0) is 67.6 Å². The lowest BCUT2D eigenvalue weighted by Gasteiger charge is -2.41. The van der Waals surface area contributed by atoms with Gasteiger partial charge in [0.25, 0.3) is 5.91 Å². The molecule has 4 rings (SSSR count). The van der Waals surface area contributed by atoms with Crippen LogP contribution < -0.4 is 4.90 Å². The van der Waals surface area contributed by atoms with Crippen molar-refractivity contribution < 1.29 is 9.21 Å². The van der Waals surface area contributed by atoms with Gasteiger partial charge in [-0.25, -0.2) is 0 Å². The summed E-state index contributed by atoms with van der Waals surface area (Å²) in [6, 6.07) is 19.3. The number of furan rings is 1. The van der Waals surface area contributed by atoms with Crippen LogP contribution in [-0.2, 0) is 11.2 Å². The average molecular weight is 477 g/mol. The van der Waals surface area contributed by atoms with E-state index >= 15 is 0 Å². The molecule has 0 N–H and O–H groups in total. The molecule has 1 aromatic heterocycles. The topological polar surface area (TPSA) is 36.7 Å². The Labute approximate surface area is 208 Å². The lowest BCUT2D eigenvalue weighted by atomic mass is 9.87. The number of rotatable bonds is 5. The molecule has 1 aliphatic rings. The first-order valence-electron chi connectivity index (χ1n) is 12.1. The minimum Gasteiger partial charge on any atom is -0.455 e. The van der Waals surface area contributed by atoms with E-state index in [0.29, 0.717) is 24.6 Å². The van der Waals surface area contributed by atoms with Gasteiger partial charge in [-0.1, -0.05) is 50.6 Å². The third-order valence-corrected chi connectivity index (χ3v) is 7.76. The number of amides is 1. The van der Waals surface area contributed by atoms with E-state index in [9.17, 15) is 4.79 Å². The van der Waals surface area contributed by atoms with Crippen LogP contribution in [0.25, 0.3) is 0 Å². The molecule has 180 valence electrons. The smallest absolute Gasteiger partial charge is 0.289 e. The van der Waals surface area contributed by atoms with Crippen molar-refractivity contribution in [3.8, 4) is 0 Å². The van der Waals surface area contributed by atoms with E-state index in [1.807, 2.05) is 17.0 Å². The lowest BCUT2D eigenvalue weighted by molar-refractivity contribution is 0.0693. The molecule has 0 aliphatic carbocycles. The van der Waals surface area contributed by atoms with Crippen LogP contribution in [0.3, 0.4) is 0 Å². The maximum absolute atomic E-state index is 13.1. The van der Waals surface area contributed by atoms with Crippen LogP contribution in [0.15, 0.2) is 63.9 Å². The SMILES string of the molecule is Cc1ccc(N2CCN(C(=O)c3ccc(CSc4cc(C(C)(C)C)ccc4C)o3)CC2C)cc1. The number of hydrogen-bond donors (Lipinski definition) is 0. The van der Waals surface area contributed by atoms with Crippen LogP contribution in [0.5, 0.6) is 0 Å². The van der Waals surface area contributed by atoms with E-state index in [0.717, 1.165) is 12.3 Å². The molecule has 1 unspecified atom stereocenters. The fraction of sp³-hybridized carbons (Fsp3) is 0.414. The summed E-state index contributed by atoms with van der Waals surface area (Å²) in [5.74, 6) is 1.96. The minimum absolute atomic E-state index is 0.0161. The normalized spacial score (nSPS) is 16.7. The number of carbonyl (C=O) groups excluding carboxylic acids is 1. The second-order valence-electron chi connectivity index (χ2n) is 10.4. The number of hydrogen-bond acceptors (Lipinski definition) is 4. The fourth-order valence-electron chi connectivity index (χ4n) is 4.36. The highest BCUT2D eigenvalue weighted by Crippen LogP contribution is 2.32. The highest BCUT2D eigenvalue weighted by molar-refractivity contribution is 7.98. The number of carbonyl (C=O) groups is 1. The summed E-state index contributed by atoms with van der Waals surface area (Å²) >= 11 is 1.76. The molecule has 5 heteroatoms. The van der Waals surface area contributed by atoms with E-state index in [4.69, 9.17) is 4.42 Å². The van der Waals surface area contributed by atoms with Gasteiger partial charge >= 0.3 is 0 Å². The van der Waals surface area contributed by atoms with Gasteiger partial charge in [-0.3, -0.25) is 4.79 Å². The summed E-state index contributed by atoms with van der Waals surface area (Å²) in [5.41, 5.74) is 5.19. The van der Waals surface area contributed by atoms with E-state index in [2.05, 4.69) is 88.9 Å². The van der Waals surface area contributed by atoms with Gasteiger partial charge in [0.05, 0.1) is 5.75 Å². The number of thioether (sulfide) groups is 1. The summed E-state index contributed by atoms with van der Waals surface area (Å²) in [6.45, 7) is 15.3. The average Bonchev–Trinajstić information content (AvgIpc) is 3.27. The van der Waals surface area contributed by atoms with Gasteiger partial charge in [-0.2, -0.15) is 0 Å². The molecule has 0 bridgehead atoms. The Morgan fingerprint density at radius 1 is 1.03 bits per heavy atom. The maximum atomic E-state index is 13.1. The number of nitrogens with zero attached hydrogens (tertiary/aromatic N) is 2.